The van der Waals surface area contributed by atoms with Crippen molar-refractivity contribution in [3.63, 3.8) is 0 Å². The molecule has 1 fully saturated rings. The number of amides is 2. The van der Waals surface area contributed by atoms with Crippen LogP contribution in [0, 0.1) is 13.8 Å². The highest BCUT2D eigenvalue weighted by molar-refractivity contribution is 7.94. The minimum Gasteiger partial charge on any atom is -0.395 e. The van der Waals surface area contributed by atoms with Crippen LogP contribution >= 0.6 is 11.3 Å². The van der Waals surface area contributed by atoms with E-state index in [1.54, 1.807) is 44.2 Å². The van der Waals surface area contributed by atoms with Gasteiger partial charge in [-0.1, -0.05) is 0 Å². The van der Waals surface area contributed by atoms with E-state index < -0.39 is 20.6 Å². The second-order valence-corrected chi connectivity index (χ2v) is 12.1. The molecule has 0 unspecified atom stereocenters. The molecule has 11 nitrogen and oxygen atoms in total. The van der Waals surface area contributed by atoms with Crippen LogP contribution in [0.5, 0.6) is 0 Å². The number of rotatable bonds is 10. The summed E-state index contributed by atoms with van der Waals surface area (Å²) in [5.74, 6) is 0.733. The molecule has 3 aromatic rings. The molecule has 0 atom stereocenters. The van der Waals surface area contributed by atoms with Crippen molar-refractivity contribution >= 4 is 38.7 Å². The Bertz CT molecular complexity index is 1350. The van der Waals surface area contributed by atoms with Gasteiger partial charge in [-0.05, 0) is 51.0 Å². The maximum atomic E-state index is 13.7. The summed E-state index contributed by atoms with van der Waals surface area (Å²) in [5.41, 5.74) is 2.04. The number of urea groups is 1. The molecule has 2 heterocycles. The Labute approximate surface area is 213 Å². The molecule has 2 amide bonds. The minimum atomic E-state index is -3.74. The van der Waals surface area contributed by atoms with Crippen molar-refractivity contribution in [2.45, 2.75) is 35.6 Å². The second-order valence-electron chi connectivity index (χ2n) is 8.40. The number of nitrogens with zero attached hydrogens (tertiary/aromatic N) is 3. The average molecular weight is 533 g/mol. The number of carbonyl (C=O) groups excluding carboxylic acids is 1. The van der Waals surface area contributed by atoms with Crippen LogP contribution in [0.25, 0.3) is 11.4 Å². The van der Waals surface area contributed by atoms with E-state index in [1.165, 1.54) is 11.3 Å². The second kappa shape index (κ2) is 10.5. The van der Waals surface area contributed by atoms with Crippen molar-refractivity contribution in [2.75, 3.05) is 36.9 Å². The van der Waals surface area contributed by atoms with Crippen LogP contribution in [-0.4, -0.2) is 65.9 Å². The molecule has 1 saturated carbocycles. The summed E-state index contributed by atoms with van der Waals surface area (Å²) in [4.78, 5) is 25.3. The first-order valence-corrected chi connectivity index (χ1v) is 13.7. The van der Waals surface area contributed by atoms with E-state index in [-0.39, 0.29) is 30.5 Å². The number of carbonyl (C=O) groups is 1. The maximum absolute atomic E-state index is 13.7. The minimum absolute atomic E-state index is 0.115. The van der Waals surface area contributed by atoms with E-state index in [0.29, 0.717) is 52.1 Å². The summed E-state index contributed by atoms with van der Waals surface area (Å²) in [6.45, 7) is 3.59. The number of anilines is 2. The van der Waals surface area contributed by atoms with Crippen LogP contribution < -0.4 is 16.0 Å². The first kappa shape index (κ1) is 25.9. The quantitative estimate of drug-likeness (QED) is 0.263. The lowest BCUT2D eigenvalue weighted by molar-refractivity contribution is 0.245. The number of nitrogens with one attached hydrogen (secondary N) is 3. The Hall–Kier alpha value is -3.13. The average Bonchev–Trinajstić information content (AvgIpc) is 3.61. The normalized spacial score (nSPS) is 14.3. The van der Waals surface area contributed by atoms with E-state index in [1.807, 2.05) is 0 Å². The summed E-state index contributed by atoms with van der Waals surface area (Å²) in [6, 6.07) is 7.99. The van der Waals surface area contributed by atoms with Crippen LogP contribution in [0.4, 0.5) is 16.3 Å². The molecule has 0 spiro atoms. The zero-order valence-corrected chi connectivity index (χ0v) is 21.5. The SMILES string of the molecule is Cc1nc(C)c(S(=O)(=O)C2(c3cc(NCCO)nc(-c4ccc(NC(=O)NCCO)cc4)n3)CC2)s1. The van der Waals surface area contributed by atoms with Crippen molar-refractivity contribution in [1.82, 2.24) is 20.3 Å². The van der Waals surface area contributed by atoms with E-state index in [0.717, 1.165) is 0 Å². The Kier molecular flexibility index (Phi) is 7.54. The molecule has 1 aliphatic rings. The highest BCUT2D eigenvalue weighted by atomic mass is 32.2. The van der Waals surface area contributed by atoms with Crippen LogP contribution in [0.2, 0.25) is 0 Å². The lowest BCUT2D eigenvalue weighted by Crippen LogP contribution is -2.30. The Morgan fingerprint density at radius 3 is 2.33 bits per heavy atom. The summed E-state index contributed by atoms with van der Waals surface area (Å²) < 4.78 is 26.6. The largest absolute Gasteiger partial charge is 0.395 e. The van der Waals surface area contributed by atoms with Crippen molar-refractivity contribution in [3.05, 3.63) is 46.7 Å². The molecule has 1 aromatic carbocycles. The fraction of sp³-hybridized carbons (Fsp3) is 0.391. The summed E-state index contributed by atoms with van der Waals surface area (Å²) in [7, 11) is -3.74. The molecular formula is C23H28N6O5S2. The van der Waals surface area contributed by atoms with Crippen LogP contribution in [0.3, 0.4) is 0 Å². The van der Waals surface area contributed by atoms with Gasteiger partial charge in [-0.25, -0.2) is 28.2 Å². The Morgan fingerprint density at radius 1 is 1.06 bits per heavy atom. The molecule has 0 saturated heterocycles. The molecule has 13 heteroatoms. The van der Waals surface area contributed by atoms with Gasteiger partial charge in [0.2, 0.25) is 9.84 Å². The first-order valence-electron chi connectivity index (χ1n) is 11.4. The standard InChI is InChI=1S/C23H28N6O5S2/c1-14-21(35-15(2)26-14)36(33,34)23(7-8-23)18-13-19(24-9-11-30)29-20(28-18)16-3-5-17(6-4-16)27-22(32)25-10-12-31/h3-6,13,30-31H,7-12H2,1-2H3,(H,24,28,29)(H2,25,27,32). The predicted octanol–water partition coefficient (Wildman–Crippen LogP) is 2.20. The summed E-state index contributed by atoms with van der Waals surface area (Å²) >= 11 is 1.17. The van der Waals surface area contributed by atoms with Crippen molar-refractivity contribution in [1.29, 1.82) is 0 Å². The maximum Gasteiger partial charge on any atom is 0.319 e. The fourth-order valence-electron chi connectivity index (χ4n) is 3.85. The van der Waals surface area contributed by atoms with Crippen LogP contribution in [-0.2, 0) is 14.6 Å². The van der Waals surface area contributed by atoms with E-state index in [2.05, 4.69) is 30.9 Å². The number of hydrogen-bond donors (Lipinski definition) is 5. The van der Waals surface area contributed by atoms with Crippen molar-refractivity contribution in [3.8, 4) is 11.4 Å². The highest BCUT2D eigenvalue weighted by Gasteiger charge is 2.59. The molecule has 2 aromatic heterocycles. The van der Waals surface area contributed by atoms with Crippen molar-refractivity contribution < 1.29 is 23.4 Å². The molecule has 36 heavy (non-hydrogen) atoms. The smallest absolute Gasteiger partial charge is 0.319 e. The third-order valence-corrected chi connectivity index (χ3v) is 9.94. The van der Waals surface area contributed by atoms with Gasteiger partial charge in [0.1, 0.15) is 14.8 Å². The number of benzene rings is 1. The number of aryl methyl sites for hydroxylation is 2. The van der Waals surface area contributed by atoms with E-state index in [4.69, 9.17) is 5.11 Å². The molecule has 1 aliphatic carbocycles. The third kappa shape index (κ3) is 5.19. The van der Waals surface area contributed by atoms with Crippen LogP contribution in [0.15, 0.2) is 34.5 Å². The zero-order valence-electron chi connectivity index (χ0n) is 19.9. The van der Waals surface area contributed by atoms with Gasteiger partial charge in [-0.2, -0.15) is 0 Å². The van der Waals surface area contributed by atoms with Gasteiger partial charge >= 0.3 is 6.03 Å². The molecule has 192 valence electrons. The van der Waals surface area contributed by atoms with E-state index in [9.17, 15) is 18.3 Å². The van der Waals surface area contributed by atoms with Gasteiger partial charge in [-0.3, -0.25) is 0 Å². The van der Waals surface area contributed by atoms with E-state index >= 15 is 0 Å². The van der Waals surface area contributed by atoms with Gasteiger partial charge in [0.15, 0.2) is 5.82 Å². The monoisotopic (exact) mass is 532 g/mol. The Morgan fingerprint density at radius 2 is 1.75 bits per heavy atom. The van der Waals surface area contributed by atoms with Gasteiger partial charge in [0, 0.05) is 30.4 Å². The number of aliphatic hydroxyl groups is 2. The summed E-state index contributed by atoms with van der Waals surface area (Å²) in [6.07, 6.45) is 0.876. The third-order valence-electron chi connectivity index (χ3n) is 5.73. The zero-order chi connectivity index (χ0) is 25.9. The predicted molar refractivity (Wildman–Crippen MR) is 137 cm³/mol. The first-order chi connectivity index (χ1) is 17.2. The molecule has 4 rings (SSSR count). The lowest BCUT2D eigenvalue weighted by atomic mass is 10.1. The number of aromatic nitrogens is 3. The molecule has 5 N–H and O–H groups in total. The number of thiazole rings is 1. The topological polar surface area (TPSA) is 166 Å². The summed E-state index contributed by atoms with van der Waals surface area (Å²) in [5, 5.41) is 26.9. The van der Waals surface area contributed by atoms with Gasteiger partial charge < -0.3 is 26.2 Å². The number of sulfone groups is 1. The lowest BCUT2D eigenvalue weighted by Gasteiger charge is -2.18. The molecule has 0 aliphatic heterocycles. The highest BCUT2D eigenvalue weighted by Crippen LogP contribution is 2.56. The molecule has 0 radical (unpaired) electrons. The van der Waals surface area contributed by atoms with Crippen molar-refractivity contribution in [2.24, 2.45) is 0 Å². The molecular weight excluding hydrogens is 504 g/mol. The number of hydrogen-bond acceptors (Lipinski definition) is 10. The Balaban J connectivity index is 1.69. The van der Waals surface area contributed by atoms with Gasteiger partial charge in [0.25, 0.3) is 0 Å². The van der Waals surface area contributed by atoms with Gasteiger partial charge in [-0.15, -0.1) is 11.3 Å². The molecule has 0 bridgehead atoms. The number of aliphatic hydroxyl groups excluding tert-OH is 2. The van der Waals surface area contributed by atoms with Gasteiger partial charge in [0.05, 0.1) is 29.6 Å². The van der Waals surface area contributed by atoms with Crippen LogP contribution in [0.1, 0.15) is 29.2 Å². The fourth-order valence-corrected chi connectivity index (χ4v) is 7.58.